The van der Waals surface area contributed by atoms with Crippen molar-refractivity contribution in [3.05, 3.63) is 27.8 Å². The van der Waals surface area contributed by atoms with E-state index in [9.17, 15) is 13.2 Å². The van der Waals surface area contributed by atoms with E-state index in [4.69, 9.17) is 0 Å². The summed E-state index contributed by atoms with van der Waals surface area (Å²) in [5, 5.41) is 0. The molecule has 0 radical (unpaired) electrons. The van der Waals surface area contributed by atoms with Crippen LogP contribution in [0, 0.1) is 3.57 Å². The van der Waals surface area contributed by atoms with Crippen LogP contribution in [0.25, 0.3) is 0 Å². The standard InChI is InChI=1S/C10H12INO4S/c1-16-10(13)5-6-17(14,15)12-9-4-2-3-8(11)7-9/h2-4,7,12H,5-6H2,1H3. The van der Waals surface area contributed by atoms with Crippen molar-refractivity contribution in [1.29, 1.82) is 0 Å². The van der Waals surface area contributed by atoms with Gasteiger partial charge in [0.2, 0.25) is 10.0 Å². The molecule has 94 valence electrons. The van der Waals surface area contributed by atoms with E-state index in [0.29, 0.717) is 5.69 Å². The van der Waals surface area contributed by atoms with E-state index in [1.807, 2.05) is 6.07 Å². The summed E-state index contributed by atoms with van der Waals surface area (Å²) in [6, 6.07) is 6.96. The SMILES string of the molecule is COC(=O)CCS(=O)(=O)Nc1cccc(I)c1. The zero-order valence-corrected chi connectivity index (χ0v) is 12.1. The number of halogens is 1. The zero-order valence-electron chi connectivity index (χ0n) is 9.14. The molecule has 0 atom stereocenters. The van der Waals surface area contributed by atoms with Gasteiger partial charge < -0.3 is 4.74 Å². The van der Waals surface area contributed by atoms with E-state index in [1.165, 1.54) is 7.11 Å². The van der Waals surface area contributed by atoms with Crippen LogP contribution in [0.4, 0.5) is 5.69 Å². The molecule has 0 aliphatic carbocycles. The molecule has 0 bridgehead atoms. The van der Waals surface area contributed by atoms with Gasteiger partial charge >= 0.3 is 5.97 Å². The molecule has 0 unspecified atom stereocenters. The minimum absolute atomic E-state index is 0.157. The van der Waals surface area contributed by atoms with E-state index in [2.05, 4.69) is 32.0 Å². The fourth-order valence-electron chi connectivity index (χ4n) is 1.10. The smallest absolute Gasteiger partial charge is 0.306 e. The highest BCUT2D eigenvalue weighted by Crippen LogP contribution is 2.14. The Morgan fingerprint density at radius 3 is 2.76 bits per heavy atom. The second-order valence-electron chi connectivity index (χ2n) is 3.26. The molecule has 0 saturated heterocycles. The van der Waals surface area contributed by atoms with Crippen molar-refractivity contribution in [2.45, 2.75) is 6.42 Å². The molecule has 7 heteroatoms. The number of benzene rings is 1. The molecule has 1 rings (SSSR count). The summed E-state index contributed by atoms with van der Waals surface area (Å²) in [5.74, 6) is -0.830. The predicted molar refractivity (Wildman–Crippen MR) is 73.2 cm³/mol. The highest BCUT2D eigenvalue weighted by molar-refractivity contribution is 14.1. The second-order valence-corrected chi connectivity index (χ2v) is 6.34. The van der Waals surface area contributed by atoms with Gasteiger partial charge in [0.25, 0.3) is 0 Å². The number of hydrogen-bond donors (Lipinski definition) is 1. The molecule has 5 nitrogen and oxygen atoms in total. The van der Waals surface area contributed by atoms with Crippen molar-refractivity contribution < 1.29 is 17.9 Å². The second kappa shape index (κ2) is 6.20. The van der Waals surface area contributed by atoms with Gasteiger partial charge in [0.1, 0.15) is 0 Å². The highest BCUT2D eigenvalue weighted by atomic mass is 127. The zero-order chi connectivity index (χ0) is 12.9. The Balaban J connectivity index is 2.64. The average Bonchev–Trinajstić information content (AvgIpc) is 2.25. The Hall–Kier alpha value is -0.830. The number of sulfonamides is 1. The van der Waals surface area contributed by atoms with Gasteiger partial charge in [-0.25, -0.2) is 8.42 Å². The third kappa shape index (κ3) is 5.35. The van der Waals surface area contributed by atoms with Gasteiger partial charge in [-0.3, -0.25) is 9.52 Å². The van der Waals surface area contributed by atoms with Crippen LogP contribution in [0.5, 0.6) is 0 Å². The molecule has 0 amide bonds. The molecule has 0 aliphatic heterocycles. The molecule has 0 aliphatic rings. The van der Waals surface area contributed by atoms with Crippen LogP contribution >= 0.6 is 22.6 Å². The summed E-state index contributed by atoms with van der Waals surface area (Å²) in [4.78, 5) is 10.8. The van der Waals surface area contributed by atoms with Gasteiger partial charge in [-0.2, -0.15) is 0 Å². The lowest BCUT2D eigenvalue weighted by Crippen LogP contribution is -2.19. The summed E-state index contributed by atoms with van der Waals surface area (Å²) in [7, 11) is -2.29. The number of anilines is 1. The maximum absolute atomic E-state index is 11.6. The lowest BCUT2D eigenvalue weighted by Gasteiger charge is -2.07. The Morgan fingerprint density at radius 1 is 1.47 bits per heavy atom. The molecule has 1 N–H and O–H groups in total. The Morgan fingerprint density at radius 2 is 2.18 bits per heavy atom. The Labute approximate surface area is 114 Å². The normalized spacial score (nSPS) is 10.9. The van der Waals surface area contributed by atoms with Crippen molar-refractivity contribution in [2.75, 3.05) is 17.6 Å². The number of nitrogens with one attached hydrogen (secondary N) is 1. The average molecular weight is 369 g/mol. The lowest BCUT2D eigenvalue weighted by atomic mass is 10.3. The topological polar surface area (TPSA) is 72.5 Å². The summed E-state index contributed by atoms with van der Waals surface area (Å²) in [6.07, 6.45) is -0.157. The molecule has 0 fully saturated rings. The van der Waals surface area contributed by atoms with E-state index in [0.717, 1.165) is 3.57 Å². The van der Waals surface area contributed by atoms with Crippen LogP contribution in [-0.4, -0.2) is 27.2 Å². The quantitative estimate of drug-likeness (QED) is 0.632. The third-order valence-electron chi connectivity index (χ3n) is 1.90. The number of hydrogen-bond acceptors (Lipinski definition) is 4. The summed E-state index contributed by atoms with van der Waals surface area (Å²) < 4.78 is 30.9. The van der Waals surface area contributed by atoms with Crippen LogP contribution in [0.15, 0.2) is 24.3 Å². The molecule has 0 saturated carbocycles. The third-order valence-corrected chi connectivity index (χ3v) is 3.86. The molecule has 1 aromatic carbocycles. The van der Waals surface area contributed by atoms with Crippen molar-refractivity contribution in [1.82, 2.24) is 0 Å². The van der Waals surface area contributed by atoms with Gasteiger partial charge in [-0.05, 0) is 40.8 Å². The van der Waals surface area contributed by atoms with E-state index in [1.54, 1.807) is 18.2 Å². The van der Waals surface area contributed by atoms with Gasteiger partial charge in [-0.15, -0.1) is 0 Å². The van der Waals surface area contributed by atoms with Crippen molar-refractivity contribution in [3.8, 4) is 0 Å². The van der Waals surface area contributed by atoms with Crippen LogP contribution in [0.1, 0.15) is 6.42 Å². The number of ether oxygens (including phenoxy) is 1. The molecule has 0 aromatic heterocycles. The molecular formula is C10H12INO4S. The Kier molecular flexibility index (Phi) is 5.19. The number of carbonyl (C=O) groups is 1. The first-order valence-electron chi connectivity index (χ1n) is 4.76. The van der Waals surface area contributed by atoms with Crippen LogP contribution in [-0.2, 0) is 19.6 Å². The van der Waals surface area contributed by atoms with Crippen molar-refractivity contribution in [2.24, 2.45) is 0 Å². The van der Waals surface area contributed by atoms with Crippen LogP contribution in [0.3, 0.4) is 0 Å². The number of carbonyl (C=O) groups excluding carboxylic acids is 1. The van der Waals surface area contributed by atoms with Gasteiger partial charge in [-0.1, -0.05) is 6.07 Å². The fraction of sp³-hybridized carbons (Fsp3) is 0.300. The molecule has 0 spiro atoms. The first-order valence-corrected chi connectivity index (χ1v) is 7.49. The number of methoxy groups -OCH3 is 1. The highest BCUT2D eigenvalue weighted by Gasteiger charge is 2.13. The molecule has 17 heavy (non-hydrogen) atoms. The summed E-state index contributed by atoms with van der Waals surface area (Å²) in [5.41, 5.74) is 0.488. The lowest BCUT2D eigenvalue weighted by molar-refractivity contribution is -0.140. The van der Waals surface area contributed by atoms with Gasteiger partial charge in [0.05, 0.1) is 19.3 Å². The Bertz CT molecular complexity index is 501. The van der Waals surface area contributed by atoms with E-state index < -0.39 is 16.0 Å². The number of esters is 1. The van der Waals surface area contributed by atoms with Crippen molar-refractivity contribution >= 4 is 44.3 Å². The largest absolute Gasteiger partial charge is 0.469 e. The minimum Gasteiger partial charge on any atom is -0.469 e. The van der Waals surface area contributed by atoms with Gasteiger partial charge in [0, 0.05) is 9.26 Å². The summed E-state index contributed by atoms with van der Waals surface area (Å²) in [6.45, 7) is 0. The molecule has 0 heterocycles. The van der Waals surface area contributed by atoms with Gasteiger partial charge in [0.15, 0.2) is 0 Å². The van der Waals surface area contributed by atoms with Crippen LogP contribution < -0.4 is 4.72 Å². The predicted octanol–water partition coefficient (Wildman–Crippen LogP) is 1.60. The molecular weight excluding hydrogens is 357 g/mol. The minimum atomic E-state index is -3.51. The molecule has 1 aromatic rings. The monoisotopic (exact) mass is 369 g/mol. The first kappa shape index (κ1) is 14.2. The van der Waals surface area contributed by atoms with E-state index >= 15 is 0 Å². The van der Waals surface area contributed by atoms with E-state index in [-0.39, 0.29) is 12.2 Å². The van der Waals surface area contributed by atoms with Crippen molar-refractivity contribution in [3.63, 3.8) is 0 Å². The number of rotatable bonds is 5. The summed E-state index contributed by atoms with van der Waals surface area (Å²) >= 11 is 2.09. The fourth-order valence-corrected chi connectivity index (χ4v) is 2.67. The maximum atomic E-state index is 11.6. The first-order chi connectivity index (χ1) is 7.93. The van der Waals surface area contributed by atoms with Crippen LogP contribution in [0.2, 0.25) is 0 Å². The maximum Gasteiger partial charge on any atom is 0.306 e.